The van der Waals surface area contributed by atoms with Crippen LogP contribution >= 0.6 is 11.6 Å². The molecule has 1 heterocycles. The highest BCUT2D eigenvalue weighted by atomic mass is 35.5. The lowest BCUT2D eigenvalue weighted by atomic mass is 10.0. The molecule has 0 radical (unpaired) electrons. The van der Waals surface area contributed by atoms with Crippen LogP contribution in [0.3, 0.4) is 0 Å². The highest BCUT2D eigenvalue weighted by Gasteiger charge is 2.24. The average Bonchev–Trinajstić information content (AvgIpc) is 2.47. The van der Waals surface area contributed by atoms with Crippen molar-refractivity contribution < 1.29 is 4.79 Å². The van der Waals surface area contributed by atoms with E-state index in [1.54, 1.807) is 6.20 Å². The Hall–Kier alpha value is -1.48. The molecular formula is C16H21ClN2O. The molecule has 0 aliphatic carbocycles. The maximum atomic E-state index is 12.2. The minimum atomic E-state index is -0.00479. The van der Waals surface area contributed by atoms with E-state index in [1.165, 1.54) is 6.42 Å². The van der Waals surface area contributed by atoms with Gasteiger partial charge in [-0.15, -0.1) is 0 Å². The van der Waals surface area contributed by atoms with E-state index < -0.39 is 0 Å². The largest absolute Gasteiger partial charge is 0.322 e. The van der Waals surface area contributed by atoms with Crippen LogP contribution < -0.4 is 5.32 Å². The summed E-state index contributed by atoms with van der Waals surface area (Å²) in [6.07, 6.45) is 8.00. The van der Waals surface area contributed by atoms with Gasteiger partial charge in [0.15, 0.2) is 0 Å². The maximum Gasteiger partial charge on any atom is 0.321 e. The van der Waals surface area contributed by atoms with Crippen molar-refractivity contribution in [2.24, 2.45) is 0 Å². The summed E-state index contributed by atoms with van der Waals surface area (Å²) in [5.74, 6) is 0. The molecule has 1 N–H and O–H groups in total. The summed E-state index contributed by atoms with van der Waals surface area (Å²) in [5, 5.41) is 3.54. The summed E-state index contributed by atoms with van der Waals surface area (Å²) < 4.78 is 0. The molecule has 0 aromatic heterocycles. The molecule has 20 heavy (non-hydrogen) atoms. The van der Waals surface area contributed by atoms with Gasteiger partial charge >= 0.3 is 6.03 Å². The normalized spacial score (nSPS) is 19.3. The highest BCUT2D eigenvalue weighted by molar-refractivity contribution is 6.30. The van der Waals surface area contributed by atoms with Crippen LogP contribution in [0.25, 0.3) is 6.08 Å². The molecule has 0 bridgehead atoms. The van der Waals surface area contributed by atoms with E-state index in [-0.39, 0.29) is 6.03 Å². The molecule has 1 aliphatic heterocycles. The number of amides is 2. The van der Waals surface area contributed by atoms with Crippen LogP contribution in [0.15, 0.2) is 30.5 Å². The van der Waals surface area contributed by atoms with Gasteiger partial charge in [0.2, 0.25) is 0 Å². The Bertz CT molecular complexity index is 487. The van der Waals surface area contributed by atoms with Gasteiger partial charge in [-0.2, -0.15) is 0 Å². The van der Waals surface area contributed by atoms with Crippen molar-refractivity contribution in [3.8, 4) is 0 Å². The second kappa shape index (κ2) is 7.34. The quantitative estimate of drug-likeness (QED) is 0.886. The SMILES string of the molecule is CCC1CCCCN1C(=O)N/C=C/c1cccc(Cl)c1. The average molecular weight is 293 g/mol. The Kier molecular flexibility index (Phi) is 5.48. The van der Waals surface area contributed by atoms with Crippen LogP contribution in [0.1, 0.15) is 38.2 Å². The van der Waals surface area contributed by atoms with E-state index >= 15 is 0 Å². The van der Waals surface area contributed by atoms with Gasteiger partial charge in [-0.1, -0.05) is 30.7 Å². The van der Waals surface area contributed by atoms with Gasteiger partial charge in [-0.25, -0.2) is 4.79 Å². The van der Waals surface area contributed by atoms with E-state index in [0.717, 1.165) is 31.4 Å². The third-order valence-corrected chi connectivity index (χ3v) is 3.93. The Balaban J connectivity index is 1.91. The molecule has 1 aliphatic rings. The van der Waals surface area contributed by atoms with Crippen molar-refractivity contribution in [1.82, 2.24) is 10.2 Å². The third kappa shape index (κ3) is 4.01. The summed E-state index contributed by atoms with van der Waals surface area (Å²) >= 11 is 5.92. The van der Waals surface area contributed by atoms with Gasteiger partial charge < -0.3 is 10.2 Å². The lowest BCUT2D eigenvalue weighted by Crippen LogP contribution is -2.47. The first-order chi connectivity index (χ1) is 9.70. The van der Waals surface area contributed by atoms with E-state index in [1.807, 2.05) is 35.2 Å². The highest BCUT2D eigenvalue weighted by Crippen LogP contribution is 2.19. The first-order valence-electron chi connectivity index (χ1n) is 7.20. The molecule has 4 heteroatoms. The fourth-order valence-corrected chi connectivity index (χ4v) is 2.79. The second-order valence-corrected chi connectivity index (χ2v) is 5.53. The van der Waals surface area contributed by atoms with Crippen molar-refractivity contribution >= 4 is 23.7 Å². The molecule has 1 aromatic rings. The van der Waals surface area contributed by atoms with Crippen LogP contribution in [0.2, 0.25) is 5.02 Å². The fourth-order valence-electron chi connectivity index (χ4n) is 2.59. The van der Waals surface area contributed by atoms with Crippen LogP contribution in [0.5, 0.6) is 0 Å². The number of hydrogen-bond donors (Lipinski definition) is 1. The molecule has 2 rings (SSSR count). The lowest BCUT2D eigenvalue weighted by Gasteiger charge is -2.34. The first-order valence-corrected chi connectivity index (χ1v) is 7.57. The molecule has 1 unspecified atom stereocenters. The number of carbonyl (C=O) groups excluding carboxylic acids is 1. The minimum absolute atomic E-state index is 0.00479. The molecule has 2 amide bonds. The summed E-state index contributed by atoms with van der Waals surface area (Å²) in [6, 6.07) is 7.90. The van der Waals surface area contributed by atoms with Gasteiger partial charge in [-0.05, 0) is 49.5 Å². The van der Waals surface area contributed by atoms with E-state index in [9.17, 15) is 4.79 Å². The van der Waals surface area contributed by atoms with E-state index in [2.05, 4.69) is 12.2 Å². The van der Waals surface area contributed by atoms with Gasteiger partial charge in [0.1, 0.15) is 0 Å². The molecule has 1 aromatic carbocycles. The summed E-state index contributed by atoms with van der Waals surface area (Å²) in [6.45, 7) is 2.99. The van der Waals surface area contributed by atoms with Crippen molar-refractivity contribution in [3.05, 3.63) is 41.1 Å². The molecule has 1 atom stereocenters. The van der Waals surface area contributed by atoms with Crippen LogP contribution in [0.4, 0.5) is 4.79 Å². The number of hydrogen-bond acceptors (Lipinski definition) is 1. The first kappa shape index (κ1) is 14.9. The third-order valence-electron chi connectivity index (χ3n) is 3.69. The van der Waals surface area contributed by atoms with E-state index in [0.29, 0.717) is 11.1 Å². The number of benzene rings is 1. The number of likely N-dealkylation sites (tertiary alicyclic amines) is 1. The molecule has 1 saturated heterocycles. The zero-order valence-electron chi connectivity index (χ0n) is 11.8. The van der Waals surface area contributed by atoms with Crippen molar-refractivity contribution in [1.29, 1.82) is 0 Å². The molecule has 0 spiro atoms. The number of nitrogens with zero attached hydrogens (tertiary/aromatic N) is 1. The topological polar surface area (TPSA) is 32.3 Å². The number of carbonyl (C=O) groups is 1. The lowest BCUT2D eigenvalue weighted by molar-refractivity contribution is 0.152. The van der Waals surface area contributed by atoms with Gasteiger partial charge in [0.05, 0.1) is 0 Å². The standard InChI is InChI=1S/C16H21ClN2O/c1-2-15-8-3-4-11-19(15)16(20)18-10-9-13-6-5-7-14(17)12-13/h5-7,9-10,12,15H,2-4,8,11H2,1H3,(H,18,20)/b10-9+. The Labute approximate surface area is 125 Å². The van der Waals surface area contributed by atoms with Gasteiger partial charge in [-0.3, -0.25) is 0 Å². The number of urea groups is 1. The zero-order valence-corrected chi connectivity index (χ0v) is 12.6. The van der Waals surface area contributed by atoms with E-state index in [4.69, 9.17) is 11.6 Å². The predicted octanol–water partition coefficient (Wildman–Crippen LogP) is 4.28. The van der Waals surface area contributed by atoms with Crippen molar-refractivity contribution in [3.63, 3.8) is 0 Å². The zero-order chi connectivity index (χ0) is 14.4. The number of nitrogens with one attached hydrogen (secondary N) is 1. The Morgan fingerprint density at radius 2 is 2.35 bits per heavy atom. The summed E-state index contributed by atoms with van der Waals surface area (Å²) in [4.78, 5) is 14.1. The molecule has 3 nitrogen and oxygen atoms in total. The fraction of sp³-hybridized carbons (Fsp3) is 0.438. The molecular weight excluding hydrogens is 272 g/mol. The monoisotopic (exact) mass is 292 g/mol. The van der Waals surface area contributed by atoms with Crippen molar-refractivity contribution in [2.75, 3.05) is 6.54 Å². The Morgan fingerprint density at radius 1 is 1.50 bits per heavy atom. The molecule has 0 saturated carbocycles. The molecule has 1 fully saturated rings. The Morgan fingerprint density at radius 3 is 3.10 bits per heavy atom. The predicted molar refractivity (Wildman–Crippen MR) is 83.7 cm³/mol. The van der Waals surface area contributed by atoms with Gasteiger partial charge in [0.25, 0.3) is 0 Å². The summed E-state index contributed by atoms with van der Waals surface area (Å²) in [5.41, 5.74) is 0.975. The number of piperidine rings is 1. The number of rotatable bonds is 3. The maximum absolute atomic E-state index is 12.2. The smallest absolute Gasteiger partial charge is 0.321 e. The minimum Gasteiger partial charge on any atom is -0.322 e. The molecule has 108 valence electrons. The van der Waals surface area contributed by atoms with Crippen LogP contribution in [-0.2, 0) is 0 Å². The summed E-state index contributed by atoms with van der Waals surface area (Å²) in [7, 11) is 0. The van der Waals surface area contributed by atoms with Gasteiger partial charge in [0, 0.05) is 23.8 Å². The number of halogens is 1. The van der Waals surface area contributed by atoms with Crippen LogP contribution in [0, 0.1) is 0 Å². The van der Waals surface area contributed by atoms with Crippen molar-refractivity contribution in [2.45, 2.75) is 38.6 Å². The second-order valence-electron chi connectivity index (χ2n) is 5.09. The van der Waals surface area contributed by atoms with Crippen LogP contribution in [-0.4, -0.2) is 23.5 Å².